The number of hydrogen-bond acceptors (Lipinski definition) is 4. The van der Waals surface area contributed by atoms with Crippen LogP contribution in [0.25, 0.3) is 0 Å². The van der Waals surface area contributed by atoms with E-state index in [1.54, 1.807) is 6.20 Å². The van der Waals surface area contributed by atoms with E-state index < -0.39 is 0 Å². The number of aryl methyl sites for hydroxylation is 1. The average Bonchev–Trinajstić information content (AvgIpc) is 2.24. The Bertz CT molecular complexity index is 291. The summed E-state index contributed by atoms with van der Waals surface area (Å²) >= 11 is 0. The number of aromatic nitrogens is 2. The van der Waals surface area contributed by atoms with Gasteiger partial charge in [0.25, 0.3) is 0 Å². The Morgan fingerprint density at radius 2 is 2.27 bits per heavy atom. The maximum Gasteiger partial charge on any atom is 0.131 e. The Hall–Kier alpha value is -1.16. The number of nitrogens with zero attached hydrogens (tertiary/aromatic N) is 2. The van der Waals surface area contributed by atoms with E-state index in [1.165, 1.54) is 0 Å². The second kappa shape index (κ2) is 6.35. The summed E-state index contributed by atoms with van der Waals surface area (Å²) in [6, 6.07) is 1.85. The van der Waals surface area contributed by atoms with Gasteiger partial charge in [0.05, 0.1) is 0 Å². The first-order chi connectivity index (χ1) is 7.26. The molecule has 0 aliphatic carbocycles. The zero-order valence-electron chi connectivity index (χ0n) is 9.66. The van der Waals surface area contributed by atoms with Gasteiger partial charge in [-0.05, 0) is 25.8 Å². The van der Waals surface area contributed by atoms with Gasteiger partial charge in [0.15, 0.2) is 0 Å². The fourth-order valence-corrected chi connectivity index (χ4v) is 1.22. The average molecular weight is 209 g/mol. The molecule has 0 fully saturated rings. The minimum Gasteiger partial charge on any atom is -0.359 e. The molecule has 4 nitrogen and oxygen atoms in total. The van der Waals surface area contributed by atoms with Crippen LogP contribution in [0.15, 0.2) is 12.3 Å². The van der Waals surface area contributed by atoms with Crippen LogP contribution in [0.3, 0.4) is 0 Å². The van der Waals surface area contributed by atoms with Crippen LogP contribution in [-0.2, 0) is 4.74 Å². The van der Waals surface area contributed by atoms with E-state index >= 15 is 0 Å². The summed E-state index contributed by atoms with van der Waals surface area (Å²) in [5.41, 5.74) is 0. The molecule has 1 rings (SSSR count). The molecular formula is C11H19N3O. The summed E-state index contributed by atoms with van der Waals surface area (Å²) in [5, 5.41) is 3.23. The number of hydrogen-bond donors (Lipinski definition) is 1. The molecule has 0 radical (unpaired) electrons. The first kappa shape index (κ1) is 11.9. The summed E-state index contributed by atoms with van der Waals surface area (Å²) in [4.78, 5) is 8.31. The van der Waals surface area contributed by atoms with Gasteiger partial charge in [-0.2, -0.15) is 0 Å². The summed E-state index contributed by atoms with van der Waals surface area (Å²) in [6.07, 6.45) is 3.74. The quantitative estimate of drug-likeness (QED) is 0.731. The van der Waals surface area contributed by atoms with Crippen molar-refractivity contribution in [2.45, 2.75) is 39.8 Å². The third-order valence-corrected chi connectivity index (χ3v) is 1.98. The van der Waals surface area contributed by atoms with Gasteiger partial charge < -0.3 is 10.1 Å². The van der Waals surface area contributed by atoms with Gasteiger partial charge in [-0.3, -0.25) is 0 Å². The SMILES string of the molecule is CCCOC(CC)Nc1ccnc(C)n1. The summed E-state index contributed by atoms with van der Waals surface area (Å²) in [6.45, 7) is 6.83. The molecule has 0 aromatic carbocycles. The molecule has 1 aromatic heterocycles. The zero-order valence-corrected chi connectivity index (χ0v) is 9.66. The van der Waals surface area contributed by atoms with Crippen molar-refractivity contribution in [2.75, 3.05) is 11.9 Å². The van der Waals surface area contributed by atoms with E-state index in [9.17, 15) is 0 Å². The monoisotopic (exact) mass is 209 g/mol. The van der Waals surface area contributed by atoms with Gasteiger partial charge in [-0.25, -0.2) is 9.97 Å². The predicted octanol–water partition coefficient (Wildman–Crippen LogP) is 2.36. The van der Waals surface area contributed by atoms with Crippen LogP contribution in [0.5, 0.6) is 0 Å². The predicted molar refractivity (Wildman–Crippen MR) is 60.7 cm³/mol. The van der Waals surface area contributed by atoms with Crippen LogP contribution in [0.1, 0.15) is 32.5 Å². The lowest BCUT2D eigenvalue weighted by Gasteiger charge is -2.17. The number of nitrogens with one attached hydrogen (secondary N) is 1. The number of rotatable bonds is 6. The van der Waals surface area contributed by atoms with E-state index in [2.05, 4.69) is 29.1 Å². The van der Waals surface area contributed by atoms with Crippen LogP contribution in [-0.4, -0.2) is 22.8 Å². The molecule has 1 unspecified atom stereocenters. The Morgan fingerprint density at radius 1 is 1.47 bits per heavy atom. The van der Waals surface area contributed by atoms with Gasteiger partial charge in [-0.1, -0.05) is 13.8 Å². The number of anilines is 1. The molecule has 0 bridgehead atoms. The van der Waals surface area contributed by atoms with Gasteiger partial charge in [0.2, 0.25) is 0 Å². The van der Waals surface area contributed by atoms with Crippen molar-refractivity contribution < 1.29 is 4.74 Å². The van der Waals surface area contributed by atoms with Gasteiger partial charge in [0.1, 0.15) is 17.9 Å². The topological polar surface area (TPSA) is 47.0 Å². The molecule has 0 saturated carbocycles. The molecular weight excluding hydrogens is 190 g/mol. The first-order valence-electron chi connectivity index (χ1n) is 5.44. The smallest absolute Gasteiger partial charge is 0.131 e. The highest BCUT2D eigenvalue weighted by Crippen LogP contribution is 2.07. The Balaban J connectivity index is 2.50. The fourth-order valence-electron chi connectivity index (χ4n) is 1.22. The summed E-state index contributed by atoms with van der Waals surface area (Å²) < 4.78 is 5.61. The van der Waals surface area contributed by atoms with Crippen molar-refractivity contribution in [3.8, 4) is 0 Å². The first-order valence-corrected chi connectivity index (χ1v) is 5.44. The van der Waals surface area contributed by atoms with Gasteiger partial charge in [-0.15, -0.1) is 0 Å². The van der Waals surface area contributed by atoms with Crippen molar-refractivity contribution in [3.63, 3.8) is 0 Å². The molecule has 0 spiro atoms. The lowest BCUT2D eigenvalue weighted by Crippen LogP contribution is -2.23. The molecule has 1 N–H and O–H groups in total. The molecule has 0 aliphatic heterocycles. The van der Waals surface area contributed by atoms with E-state index in [0.717, 1.165) is 31.1 Å². The summed E-state index contributed by atoms with van der Waals surface area (Å²) in [5.74, 6) is 1.59. The molecule has 1 heterocycles. The van der Waals surface area contributed by atoms with E-state index in [1.807, 2.05) is 13.0 Å². The second-order valence-corrected chi connectivity index (χ2v) is 3.40. The number of ether oxygens (including phenoxy) is 1. The largest absolute Gasteiger partial charge is 0.359 e. The lowest BCUT2D eigenvalue weighted by molar-refractivity contribution is 0.0700. The highest BCUT2D eigenvalue weighted by molar-refractivity contribution is 5.33. The molecule has 0 aliphatic rings. The third-order valence-electron chi connectivity index (χ3n) is 1.98. The fraction of sp³-hybridized carbons (Fsp3) is 0.636. The van der Waals surface area contributed by atoms with E-state index in [4.69, 9.17) is 4.74 Å². The molecule has 15 heavy (non-hydrogen) atoms. The maximum atomic E-state index is 5.61. The molecule has 0 amide bonds. The lowest BCUT2D eigenvalue weighted by atomic mass is 10.4. The van der Waals surface area contributed by atoms with Crippen LogP contribution >= 0.6 is 0 Å². The molecule has 1 atom stereocenters. The standard InChI is InChI=1S/C11H19N3O/c1-4-8-15-11(5-2)14-10-6-7-12-9(3)13-10/h6-7,11H,4-5,8H2,1-3H3,(H,12,13,14). The Kier molecular flexibility index (Phi) is 5.04. The zero-order chi connectivity index (χ0) is 11.1. The highest BCUT2D eigenvalue weighted by Gasteiger charge is 2.06. The van der Waals surface area contributed by atoms with Crippen molar-refractivity contribution in [2.24, 2.45) is 0 Å². The normalized spacial score (nSPS) is 12.5. The van der Waals surface area contributed by atoms with Crippen molar-refractivity contribution in [1.29, 1.82) is 0 Å². The minimum atomic E-state index is 0.0410. The molecule has 4 heteroatoms. The van der Waals surface area contributed by atoms with Crippen molar-refractivity contribution >= 4 is 5.82 Å². The molecule has 0 saturated heterocycles. The molecule has 1 aromatic rings. The van der Waals surface area contributed by atoms with Crippen molar-refractivity contribution in [1.82, 2.24) is 9.97 Å². The minimum absolute atomic E-state index is 0.0410. The third kappa shape index (κ3) is 4.25. The van der Waals surface area contributed by atoms with Gasteiger partial charge in [0, 0.05) is 12.8 Å². The van der Waals surface area contributed by atoms with E-state index in [-0.39, 0.29) is 6.23 Å². The Morgan fingerprint density at radius 3 is 2.87 bits per heavy atom. The van der Waals surface area contributed by atoms with E-state index in [0.29, 0.717) is 0 Å². The van der Waals surface area contributed by atoms with Crippen LogP contribution < -0.4 is 5.32 Å². The Labute approximate surface area is 91.1 Å². The summed E-state index contributed by atoms with van der Waals surface area (Å²) in [7, 11) is 0. The highest BCUT2D eigenvalue weighted by atomic mass is 16.5. The van der Waals surface area contributed by atoms with Crippen LogP contribution in [0, 0.1) is 6.92 Å². The van der Waals surface area contributed by atoms with Gasteiger partial charge >= 0.3 is 0 Å². The van der Waals surface area contributed by atoms with Crippen LogP contribution in [0.2, 0.25) is 0 Å². The molecule has 84 valence electrons. The van der Waals surface area contributed by atoms with Crippen LogP contribution in [0.4, 0.5) is 5.82 Å². The second-order valence-electron chi connectivity index (χ2n) is 3.40. The van der Waals surface area contributed by atoms with Crippen molar-refractivity contribution in [3.05, 3.63) is 18.1 Å². The maximum absolute atomic E-state index is 5.61.